The molecule has 1 fully saturated rings. The molecule has 0 unspecified atom stereocenters. The predicted octanol–water partition coefficient (Wildman–Crippen LogP) is 3.72. The molecule has 0 aromatic heterocycles. The largest absolute Gasteiger partial charge is 0.346 e. The average molecular weight is 354 g/mol. The quantitative estimate of drug-likeness (QED) is 0.672. The molecule has 1 atom stereocenters. The highest BCUT2D eigenvalue weighted by atomic mass is 35.5. The van der Waals surface area contributed by atoms with Crippen LogP contribution in [0.15, 0.2) is 70.8 Å². The van der Waals surface area contributed by atoms with Gasteiger partial charge in [-0.05, 0) is 24.1 Å². The van der Waals surface area contributed by atoms with Gasteiger partial charge in [-0.25, -0.2) is 4.79 Å². The van der Waals surface area contributed by atoms with Crippen molar-refractivity contribution in [3.8, 4) is 0 Å². The van der Waals surface area contributed by atoms with E-state index in [0.717, 1.165) is 10.6 Å². The third kappa shape index (κ3) is 3.46. The smallest absolute Gasteiger partial charge is 0.318 e. The van der Waals surface area contributed by atoms with Crippen molar-refractivity contribution in [3.63, 3.8) is 0 Å². The molecule has 2 aromatic rings. The molecule has 1 N–H and O–H groups in total. The molecule has 3 rings (SSSR count). The lowest BCUT2D eigenvalue weighted by atomic mass is 9.92. The number of rotatable bonds is 4. The Hall–Kier alpha value is -2.92. The Kier molecular flexibility index (Phi) is 4.67. The van der Waals surface area contributed by atoms with E-state index >= 15 is 0 Å². The molecule has 126 valence electrons. The number of carbonyl (C=O) groups is 2. The first-order valence-corrected chi connectivity index (χ1v) is 8.07. The van der Waals surface area contributed by atoms with Gasteiger partial charge >= 0.3 is 6.03 Å². The monoisotopic (exact) mass is 353 g/mol. The molecule has 25 heavy (non-hydrogen) atoms. The summed E-state index contributed by atoms with van der Waals surface area (Å²) >= 11 is 6.12. The fourth-order valence-electron chi connectivity index (χ4n) is 2.55. The van der Waals surface area contributed by atoms with Gasteiger partial charge in [0.15, 0.2) is 0 Å². The minimum absolute atomic E-state index is 0.306. The molecule has 0 bridgehead atoms. The Morgan fingerprint density at radius 3 is 2.32 bits per heavy atom. The van der Waals surface area contributed by atoms with Gasteiger partial charge < -0.3 is 5.32 Å². The van der Waals surface area contributed by atoms with Crippen LogP contribution in [0.1, 0.15) is 18.1 Å². The number of hydrazone groups is 1. The second-order valence-corrected chi connectivity index (χ2v) is 6.16. The summed E-state index contributed by atoms with van der Waals surface area (Å²) in [4.78, 5) is 24.8. The van der Waals surface area contributed by atoms with Crippen LogP contribution in [-0.2, 0) is 10.3 Å². The summed E-state index contributed by atoms with van der Waals surface area (Å²) in [6, 6.07) is 17.9. The van der Waals surface area contributed by atoms with Crippen LogP contribution in [-0.4, -0.2) is 23.2 Å². The molecule has 2 aromatic carbocycles. The highest BCUT2D eigenvalue weighted by molar-refractivity contribution is 6.41. The lowest BCUT2D eigenvalue weighted by Gasteiger charge is -2.20. The molecule has 0 radical (unpaired) electrons. The van der Waals surface area contributed by atoms with E-state index in [2.05, 4.69) is 10.4 Å². The highest BCUT2D eigenvalue weighted by Gasteiger charge is 2.49. The number of halogens is 1. The van der Waals surface area contributed by atoms with E-state index in [0.29, 0.717) is 10.6 Å². The van der Waals surface area contributed by atoms with Crippen molar-refractivity contribution in [2.24, 2.45) is 5.10 Å². The van der Waals surface area contributed by atoms with Crippen LogP contribution in [0, 0.1) is 0 Å². The second kappa shape index (κ2) is 6.91. The lowest BCUT2D eigenvalue weighted by molar-refractivity contribution is -0.131. The minimum Gasteiger partial charge on any atom is -0.318 e. The summed E-state index contributed by atoms with van der Waals surface area (Å²) < 4.78 is 0. The number of urea groups is 1. The van der Waals surface area contributed by atoms with E-state index in [4.69, 9.17) is 11.6 Å². The number of nitrogens with zero attached hydrogens (tertiary/aromatic N) is 2. The summed E-state index contributed by atoms with van der Waals surface area (Å²) in [6.07, 6.45) is 2.97. The molecule has 5 nitrogen and oxygen atoms in total. The van der Waals surface area contributed by atoms with Gasteiger partial charge in [0.1, 0.15) is 5.54 Å². The zero-order valence-corrected chi connectivity index (χ0v) is 14.3. The Morgan fingerprint density at radius 1 is 1.08 bits per heavy atom. The number of allylic oxidation sites excluding steroid dienone is 1. The van der Waals surface area contributed by atoms with Crippen molar-refractivity contribution in [3.05, 3.63) is 76.8 Å². The van der Waals surface area contributed by atoms with Crippen LogP contribution < -0.4 is 5.32 Å². The third-order valence-electron chi connectivity index (χ3n) is 3.92. The molecule has 1 aliphatic rings. The van der Waals surface area contributed by atoms with Gasteiger partial charge in [0, 0.05) is 0 Å². The van der Waals surface area contributed by atoms with E-state index in [1.165, 1.54) is 6.21 Å². The average Bonchev–Trinajstić information content (AvgIpc) is 2.85. The maximum absolute atomic E-state index is 12.7. The molecular weight excluding hydrogens is 338 g/mol. The number of imide groups is 1. The van der Waals surface area contributed by atoms with Gasteiger partial charge in [-0.3, -0.25) is 4.79 Å². The maximum Gasteiger partial charge on any atom is 0.346 e. The molecule has 6 heteroatoms. The van der Waals surface area contributed by atoms with Crippen LogP contribution in [0.4, 0.5) is 4.79 Å². The fourth-order valence-corrected chi connectivity index (χ4v) is 2.72. The van der Waals surface area contributed by atoms with Crippen LogP contribution in [0.25, 0.3) is 6.08 Å². The van der Waals surface area contributed by atoms with Crippen LogP contribution in [0.3, 0.4) is 0 Å². The summed E-state index contributed by atoms with van der Waals surface area (Å²) in [7, 11) is 0. The molecule has 0 aliphatic carbocycles. The SMILES string of the molecule is C[C@@]1(c2ccccc2)NC(=O)N(/N=C\C(Cl)=C\c2ccccc2)C1=O. The van der Waals surface area contributed by atoms with Crippen molar-refractivity contribution in [1.82, 2.24) is 10.3 Å². The number of hydrogen-bond donors (Lipinski definition) is 1. The molecule has 1 saturated heterocycles. The first kappa shape index (κ1) is 16.9. The van der Waals surface area contributed by atoms with Gasteiger partial charge in [0.2, 0.25) is 0 Å². The minimum atomic E-state index is -1.15. The van der Waals surface area contributed by atoms with E-state index in [1.807, 2.05) is 48.5 Å². The standard InChI is InChI=1S/C19H16ClN3O2/c1-19(15-10-6-3-7-11-15)17(24)23(18(25)22-19)21-13-16(20)12-14-8-4-2-5-9-14/h2-13H,1H3,(H,22,25)/b16-12-,21-13-/t19-/m0/s1. The molecular formula is C19H16ClN3O2. The Morgan fingerprint density at radius 2 is 1.68 bits per heavy atom. The van der Waals surface area contributed by atoms with Gasteiger partial charge in [0.25, 0.3) is 5.91 Å². The highest BCUT2D eigenvalue weighted by Crippen LogP contribution is 2.28. The van der Waals surface area contributed by atoms with Crippen molar-refractivity contribution >= 4 is 35.8 Å². The fraction of sp³-hybridized carbons (Fsp3) is 0.105. The maximum atomic E-state index is 12.7. The topological polar surface area (TPSA) is 61.8 Å². The van der Waals surface area contributed by atoms with Crippen LogP contribution in [0.5, 0.6) is 0 Å². The zero-order chi connectivity index (χ0) is 17.9. The van der Waals surface area contributed by atoms with Gasteiger partial charge in [-0.1, -0.05) is 72.3 Å². The Labute approximate surface area is 150 Å². The van der Waals surface area contributed by atoms with E-state index in [9.17, 15) is 9.59 Å². The Bertz CT molecular complexity index is 849. The number of benzene rings is 2. The zero-order valence-electron chi connectivity index (χ0n) is 13.5. The number of nitrogens with one attached hydrogen (secondary N) is 1. The van der Waals surface area contributed by atoms with E-state index < -0.39 is 17.5 Å². The van der Waals surface area contributed by atoms with Crippen molar-refractivity contribution in [1.29, 1.82) is 0 Å². The molecule has 0 saturated carbocycles. The first-order chi connectivity index (χ1) is 12.0. The first-order valence-electron chi connectivity index (χ1n) is 7.69. The predicted molar refractivity (Wildman–Crippen MR) is 97.9 cm³/mol. The van der Waals surface area contributed by atoms with Gasteiger partial charge in [-0.2, -0.15) is 5.10 Å². The number of hydrogen-bond acceptors (Lipinski definition) is 3. The normalized spacial score (nSPS) is 21.0. The summed E-state index contributed by atoms with van der Waals surface area (Å²) in [6.45, 7) is 1.65. The summed E-state index contributed by atoms with van der Waals surface area (Å²) in [5.74, 6) is -0.455. The third-order valence-corrected chi connectivity index (χ3v) is 4.13. The van der Waals surface area contributed by atoms with Gasteiger partial charge in [-0.15, -0.1) is 5.01 Å². The van der Waals surface area contributed by atoms with Crippen molar-refractivity contribution in [2.45, 2.75) is 12.5 Å². The van der Waals surface area contributed by atoms with Crippen molar-refractivity contribution in [2.75, 3.05) is 0 Å². The van der Waals surface area contributed by atoms with Crippen LogP contribution in [0.2, 0.25) is 0 Å². The number of carbonyl (C=O) groups excluding carboxylic acids is 2. The summed E-state index contributed by atoms with van der Waals surface area (Å²) in [5, 5.41) is 7.74. The second-order valence-electron chi connectivity index (χ2n) is 5.72. The lowest BCUT2D eigenvalue weighted by Crippen LogP contribution is -2.40. The van der Waals surface area contributed by atoms with E-state index in [1.54, 1.807) is 25.1 Å². The molecule has 0 spiro atoms. The molecule has 1 aliphatic heterocycles. The number of amides is 3. The molecule has 3 amide bonds. The molecule has 1 heterocycles. The Balaban J connectivity index is 1.80. The van der Waals surface area contributed by atoms with Crippen LogP contribution >= 0.6 is 11.6 Å². The van der Waals surface area contributed by atoms with E-state index in [-0.39, 0.29) is 0 Å². The van der Waals surface area contributed by atoms with Gasteiger partial charge in [0.05, 0.1) is 11.2 Å². The van der Waals surface area contributed by atoms with Crippen molar-refractivity contribution < 1.29 is 9.59 Å². The summed E-state index contributed by atoms with van der Waals surface area (Å²) in [5.41, 5.74) is 0.438.